The summed E-state index contributed by atoms with van der Waals surface area (Å²) in [5.74, 6) is 0.0994. The quantitative estimate of drug-likeness (QED) is 0.478. The van der Waals surface area contributed by atoms with E-state index in [4.69, 9.17) is 16.2 Å². The first-order chi connectivity index (χ1) is 16.0. The third kappa shape index (κ3) is 4.05. The molecule has 33 heavy (non-hydrogen) atoms. The first-order valence-corrected chi connectivity index (χ1v) is 10.8. The monoisotopic (exact) mass is 448 g/mol. The fourth-order valence-electron chi connectivity index (χ4n) is 4.31. The van der Waals surface area contributed by atoms with Gasteiger partial charge in [-0.25, -0.2) is 19.3 Å². The molecule has 1 fully saturated rings. The summed E-state index contributed by atoms with van der Waals surface area (Å²) >= 11 is 0. The molecule has 1 aromatic carbocycles. The second kappa shape index (κ2) is 8.62. The summed E-state index contributed by atoms with van der Waals surface area (Å²) in [6.45, 7) is 2.14. The van der Waals surface area contributed by atoms with Gasteiger partial charge in [-0.1, -0.05) is 0 Å². The van der Waals surface area contributed by atoms with Crippen LogP contribution in [0.15, 0.2) is 43.1 Å². The molecule has 0 aliphatic carbocycles. The van der Waals surface area contributed by atoms with E-state index in [0.717, 1.165) is 37.2 Å². The molecule has 0 amide bonds. The molecular weight excluding hydrogens is 423 g/mol. The lowest BCUT2D eigenvalue weighted by Gasteiger charge is -2.34. The van der Waals surface area contributed by atoms with Crippen molar-refractivity contribution in [2.24, 2.45) is 5.73 Å². The molecule has 1 atom stereocenters. The number of piperidine rings is 1. The third-order valence-electron chi connectivity index (χ3n) is 5.98. The average Bonchev–Trinajstić information content (AvgIpc) is 3.23. The SMILES string of the molecule is COc1ccc(-c2cc(Cn3cnc4c(N)ncnc43)c(N3CCCC(N)C3)cn2)cc1F. The number of nitrogen functional groups attached to an aromatic ring is 1. The number of rotatable bonds is 5. The number of methoxy groups -OCH3 is 1. The van der Waals surface area contributed by atoms with E-state index in [-0.39, 0.29) is 11.8 Å². The van der Waals surface area contributed by atoms with Crippen LogP contribution < -0.4 is 21.1 Å². The Morgan fingerprint density at radius 3 is 2.85 bits per heavy atom. The molecule has 5 rings (SSSR count). The number of hydrogen-bond acceptors (Lipinski definition) is 8. The van der Waals surface area contributed by atoms with E-state index >= 15 is 0 Å². The van der Waals surface area contributed by atoms with Gasteiger partial charge in [0.15, 0.2) is 23.0 Å². The summed E-state index contributed by atoms with van der Waals surface area (Å²) in [5.41, 5.74) is 16.7. The van der Waals surface area contributed by atoms with Crippen LogP contribution in [-0.4, -0.2) is 50.7 Å². The molecule has 4 heterocycles. The predicted molar refractivity (Wildman–Crippen MR) is 124 cm³/mol. The number of anilines is 2. The molecule has 1 aliphatic heterocycles. The van der Waals surface area contributed by atoms with Crippen LogP contribution in [0, 0.1) is 5.82 Å². The minimum absolute atomic E-state index is 0.114. The number of ether oxygens (including phenoxy) is 1. The number of nitrogens with zero attached hydrogens (tertiary/aromatic N) is 6. The van der Waals surface area contributed by atoms with Crippen LogP contribution in [0.4, 0.5) is 15.9 Å². The number of nitrogens with two attached hydrogens (primary N) is 2. The van der Waals surface area contributed by atoms with E-state index in [1.807, 2.05) is 16.8 Å². The van der Waals surface area contributed by atoms with Crippen LogP contribution in [0.5, 0.6) is 5.75 Å². The molecule has 0 spiro atoms. The largest absolute Gasteiger partial charge is 0.494 e. The van der Waals surface area contributed by atoms with Crippen molar-refractivity contribution in [3.8, 4) is 17.0 Å². The van der Waals surface area contributed by atoms with Gasteiger partial charge in [0.1, 0.15) is 11.8 Å². The Hall–Kier alpha value is -3.79. The molecule has 4 N–H and O–H groups in total. The lowest BCUT2D eigenvalue weighted by Crippen LogP contribution is -2.43. The van der Waals surface area contributed by atoms with Gasteiger partial charge in [0.25, 0.3) is 0 Å². The highest BCUT2D eigenvalue weighted by Gasteiger charge is 2.21. The van der Waals surface area contributed by atoms with Gasteiger partial charge in [-0.3, -0.25) is 4.98 Å². The van der Waals surface area contributed by atoms with E-state index in [1.54, 1.807) is 18.5 Å². The van der Waals surface area contributed by atoms with E-state index < -0.39 is 5.82 Å². The topological polar surface area (TPSA) is 121 Å². The molecule has 0 bridgehead atoms. The van der Waals surface area contributed by atoms with Gasteiger partial charge in [0, 0.05) is 24.7 Å². The zero-order chi connectivity index (χ0) is 22.9. The lowest BCUT2D eigenvalue weighted by atomic mass is 10.0. The maximum absolute atomic E-state index is 14.4. The van der Waals surface area contributed by atoms with Crippen molar-refractivity contribution in [3.05, 3.63) is 54.5 Å². The minimum Gasteiger partial charge on any atom is -0.494 e. The Bertz CT molecular complexity index is 1310. The number of imidazole rings is 1. The van der Waals surface area contributed by atoms with Crippen LogP contribution in [0.2, 0.25) is 0 Å². The molecule has 0 radical (unpaired) electrons. The van der Waals surface area contributed by atoms with Crippen LogP contribution in [0.1, 0.15) is 18.4 Å². The van der Waals surface area contributed by atoms with Gasteiger partial charge >= 0.3 is 0 Å². The molecule has 4 aromatic rings. The zero-order valence-corrected chi connectivity index (χ0v) is 18.3. The molecule has 9 nitrogen and oxygen atoms in total. The van der Waals surface area contributed by atoms with Gasteiger partial charge in [-0.2, -0.15) is 0 Å². The predicted octanol–water partition coefficient (Wildman–Crippen LogP) is 2.59. The number of benzene rings is 1. The number of aromatic nitrogens is 5. The summed E-state index contributed by atoms with van der Waals surface area (Å²) in [7, 11) is 1.44. The Balaban J connectivity index is 1.58. The van der Waals surface area contributed by atoms with Crippen LogP contribution in [0.3, 0.4) is 0 Å². The van der Waals surface area contributed by atoms with Crippen LogP contribution in [0.25, 0.3) is 22.4 Å². The summed E-state index contributed by atoms with van der Waals surface area (Å²) in [4.78, 5) is 19.7. The summed E-state index contributed by atoms with van der Waals surface area (Å²) in [6.07, 6.45) is 7.00. The van der Waals surface area contributed by atoms with E-state index in [2.05, 4.69) is 24.8 Å². The van der Waals surface area contributed by atoms with Crippen molar-refractivity contribution in [1.29, 1.82) is 0 Å². The van der Waals surface area contributed by atoms with Gasteiger partial charge in [0.05, 0.1) is 37.6 Å². The molecule has 10 heteroatoms. The summed E-state index contributed by atoms with van der Waals surface area (Å²) < 4.78 is 21.3. The van der Waals surface area contributed by atoms with Crippen LogP contribution in [-0.2, 0) is 6.54 Å². The second-order valence-corrected chi connectivity index (χ2v) is 8.20. The molecule has 1 aliphatic rings. The summed E-state index contributed by atoms with van der Waals surface area (Å²) in [6, 6.07) is 6.93. The van der Waals surface area contributed by atoms with E-state index in [0.29, 0.717) is 34.8 Å². The Labute approximate surface area is 190 Å². The van der Waals surface area contributed by atoms with Crippen LogP contribution >= 0.6 is 0 Å². The van der Waals surface area contributed by atoms with Crippen molar-refractivity contribution in [2.45, 2.75) is 25.4 Å². The second-order valence-electron chi connectivity index (χ2n) is 8.20. The third-order valence-corrected chi connectivity index (χ3v) is 5.98. The zero-order valence-electron chi connectivity index (χ0n) is 18.3. The maximum Gasteiger partial charge on any atom is 0.165 e. The average molecular weight is 449 g/mol. The molecule has 0 saturated carbocycles. The lowest BCUT2D eigenvalue weighted by molar-refractivity contribution is 0.386. The standard InChI is InChI=1S/C23H25FN8O/c1-33-20-5-4-14(7-17(20)24)18-8-15(19(9-27-18)31-6-2-3-16(25)11-31)10-32-13-30-21-22(26)28-12-29-23(21)32/h4-5,7-9,12-13,16H,2-3,6,10-11,25H2,1H3,(H2,26,28,29). The fraction of sp³-hybridized carbons (Fsp3) is 0.304. The first kappa shape index (κ1) is 21.1. The molecule has 170 valence electrons. The fourth-order valence-corrected chi connectivity index (χ4v) is 4.31. The highest BCUT2D eigenvalue weighted by atomic mass is 19.1. The molecule has 1 saturated heterocycles. The van der Waals surface area contributed by atoms with Crippen molar-refractivity contribution >= 4 is 22.7 Å². The first-order valence-electron chi connectivity index (χ1n) is 10.8. The number of hydrogen-bond donors (Lipinski definition) is 2. The molecule has 3 aromatic heterocycles. The van der Waals surface area contributed by atoms with E-state index in [9.17, 15) is 4.39 Å². The van der Waals surface area contributed by atoms with Gasteiger partial charge in [-0.15, -0.1) is 0 Å². The summed E-state index contributed by atoms with van der Waals surface area (Å²) in [5, 5.41) is 0. The highest BCUT2D eigenvalue weighted by Crippen LogP contribution is 2.30. The van der Waals surface area contributed by atoms with Crippen molar-refractivity contribution < 1.29 is 9.13 Å². The maximum atomic E-state index is 14.4. The van der Waals surface area contributed by atoms with Gasteiger partial charge < -0.3 is 25.7 Å². The van der Waals surface area contributed by atoms with E-state index in [1.165, 1.54) is 19.5 Å². The van der Waals surface area contributed by atoms with Crippen molar-refractivity contribution in [3.63, 3.8) is 0 Å². The van der Waals surface area contributed by atoms with Gasteiger partial charge in [0.2, 0.25) is 0 Å². The molecule has 1 unspecified atom stereocenters. The van der Waals surface area contributed by atoms with Gasteiger partial charge in [-0.05, 0) is 42.7 Å². The normalized spacial score (nSPS) is 16.3. The smallest absolute Gasteiger partial charge is 0.165 e. The minimum atomic E-state index is -0.433. The molecular formula is C23H25FN8O. The Morgan fingerprint density at radius 2 is 2.06 bits per heavy atom. The Morgan fingerprint density at radius 1 is 1.18 bits per heavy atom. The number of fused-ring (bicyclic) bond motifs is 1. The van der Waals surface area contributed by atoms with Crippen molar-refractivity contribution in [2.75, 3.05) is 30.8 Å². The number of pyridine rings is 1. The number of halogens is 1. The van der Waals surface area contributed by atoms with Crippen molar-refractivity contribution in [1.82, 2.24) is 24.5 Å². The highest BCUT2D eigenvalue weighted by molar-refractivity contribution is 5.81. The Kier molecular flexibility index (Phi) is 5.51.